The Morgan fingerprint density at radius 1 is 1.27 bits per heavy atom. The van der Waals surface area contributed by atoms with E-state index in [9.17, 15) is 4.79 Å². The van der Waals surface area contributed by atoms with Gasteiger partial charge in [0.15, 0.2) is 5.82 Å². The molecule has 0 saturated carbocycles. The van der Waals surface area contributed by atoms with Crippen molar-refractivity contribution in [3.8, 4) is 11.4 Å². The van der Waals surface area contributed by atoms with Gasteiger partial charge in [0.05, 0.1) is 0 Å². The molecule has 1 aromatic heterocycles. The molecule has 1 aromatic carbocycles. The number of nitrogens with zero attached hydrogens (tertiary/aromatic N) is 6. The summed E-state index contributed by atoms with van der Waals surface area (Å²) >= 11 is 0. The first kappa shape index (κ1) is 18.4. The molecule has 7 heteroatoms. The van der Waals surface area contributed by atoms with Crippen LogP contribution in [0.25, 0.3) is 11.4 Å². The first-order valence-corrected chi connectivity index (χ1v) is 9.09. The van der Waals surface area contributed by atoms with Crippen molar-refractivity contribution in [3.63, 3.8) is 0 Å². The van der Waals surface area contributed by atoms with Gasteiger partial charge in [0.1, 0.15) is 0 Å². The van der Waals surface area contributed by atoms with Crippen LogP contribution in [-0.4, -0.2) is 77.8 Å². The minimum atomic E-state index is 0.0824. The standard InChI is InChI=1S/C19H28N6O/c1-6-25-19(23(4)5)20-17(21-25)14-8-7-9-15(12-14)18(26)24-11-10-16(13-24)22(2)3/h7-9,12,16H,6,10-11,13H2,1-5H3/t16-/m1/s1. The highest BCUT2D eigenvalue weighted by atomic mass is 16.2. The van der Waals surface area contributed by atoms with Gasteiger partial charge in [-0.3, -0.25) is 4.79 Å². The summed E-state index contributed by atoms with van der Waals surface area (Å²) in [7, 11) is 8.04. The number of likely N-dealkylation sites (N-methyl/N-ethyl adjacent to an activating group) is 1. The van der Waals surface area contributed by atoms with E-state index in [0.717, 1.165) is 37.6 Å². The van der Waals surface area contributed by atoms with Crippen molar-refractivity contribution >= 4 is 11.9 Å². The van der Waals surface area contributed by atoms with Crippen LogP contribution in [0.3, 0.4) is 0 Å². The smallest absolute Gasteiger partial charge is 0.253 e. The summed E-state index contributed by atoms with van der Waals surface area (Å²) < 4.78 is 1.87. The van der Waals surface area contributed by atoms with Gasteiger partial charge in [0, 0.05) is 50.9 Å². The molecular formula is C19H28N6O. The summed E-state index contributed by atoms with van der Waals surface area (Å²) in [4.78, 5) is 23.6. The number of aryl methyl sites for hydroxylation is 1. The molecule has 7 nitrogen and oxygen atoms in total. The van der Waals surface area contributed by atoms with E-state index in [-0.39, 0.29) is 5.91 Å². The topological polar surface area (TPSA) is 57.5 Å². The minimum Gasteiger partial charge on any atom is -0.347 e. The maximum atomic E-state index is 12.9. The van der Waals surface area contributed by atoms with Gasteiger partial charge >= 0.3 is 0 Å². The Balaban J connectivity index is 1.84. The summed E-state index contributed by atoms with van der Waals surface area (Å²) in [5.74, 6) is 1.55. The van der Waals surface area contributed by atoms with Crippen LogP contribution in [0.2, 0.25) is 0 Å². The van der Waals surface area contributed by atoms with Crippen molar-refractivity contribution < 1.29 is 4.79 Å². The Hall–Kier alpha value is -2.41. The third kappa shape index (κ3) is 3.58. The van der Waals surface area contributed by atoms with Crippen molar-refractivity contribution in [2.24, 2.45) is 0 Å². The summed E-state index contributed by atoms with van der Waals surface area (Å²) in [5, 5.41) is 4.59. The summed E-state index contributed by atoms with van der Waals surface area (Å²) in [5.41, 5.74) is 1.57. The van der Waals surface area contributed by atoms with Gasteiger partial charge in [-0.25, -0.2) is 4.68 Å². The lowest BCUT2D eigenvalue weighted by Crippen LogP contribution is -2.34. The zero-order valence-electron chi connectivity index (χ0n) is 16.3. The van der Waals surface area contributed by atoms with E-state index in [2.05, 4.69) is 29.1 Å². The lowest BCUT2D eigenvalue weighted by molar-refractivity contribution is 0.0783. The second-order valence-electron chi connectivity index (χ2n) is 7.18. The Labute approximate surface area is 155 Å². The van der Waals surface area contributed by atoms with Crippen molar-refractivity contribution in [3.05, 3.63) is 29.8 Å². The normalized spacial score (nSPS) is 17.2. The first-order chi connectivity index (χ1) is 12.4. The molecule has 0 unspecified atom stereocenters. The molecule has 1 saturated heterocycles. The third-order valence-corrected chi connectivity index (χ3v) is 4.90. The SMILES string of the molecule is CCn1nc(-c2cccc(C(=O)N3CC[C@@H](N(C)C)C3)c2)nc1N(C)C. The highest BCUT2D eigenvalue weighted by molar-refractivity contribution is 5.95. The van der Waals surface area contributed by atoms with Crippen LogP contribution >= 0.6 is 0 Å². The van der Waals surface area contributed by atoms with E-state index in [1.165, 1.54) is 0 Å². The number of carbonyl (C=O) groups is 1. The molecule has 1 amide bonds. The van der Waals surface area contributed by atoms with Crippen molar-refractivity contribution in [2.75, 3.05) is 46.2 Å². The quantitative estimate of drug-likeness (QED) is 0.818. The molecule has 0 radical (unpaired) electrons. The largest absolute Gasteiger partial charge is 0.347 e. The Morgan fingerprint density at radius 3 is 2.62 bits per heavy atom. The average molecular weight is 356 g/mol. The second kappa shape index (κ2) is 7.45. The molecule has 2 aromatic rings. The third-order valence-electron chi connectivity index (χ3n) is 4.90. The number of hydrogen-bond acceptors (Lipinski definition) is 5. The van der Waals surface area contributed by atoms with Gasteiger partial charge in [-0.1, -0.05) is 12.1 Å². The van der Waals surface area contributed by atoms with E-state index in [0.29, 0.717) is 17.4 Å². The van der Waals surface area contributed by atoms with Crippen molar-refractivity contribution in [2.45, 2.75) is 25.9 Å². The van der Waals surface area contributed by atoms with Crippen molar-refractivity contribution in [1.29, 1.82) is 0 Å². The molecule has 3 rings (SSSR count). The van der Waals surface area contributed by atoms with Gasteiger partial charge in [-0.2, -0.15) is 4.98 Å². The second-order valence-corrected chi connectivity index (χ2v) is 7.18. The van der Waals surface area contributed by atoms with Crippen LogP contribution in [-0.2, 0) is 6.54 Å². The molecule has 0 spiro atoms. The molecule has 140 valence electrons. The molecule has 1 aliphatic rings. The van der Waals surface area contributed by atoms with E-state index < -0.39 is 0 Å². The van der Waals surface area contributed by atoms with Gasteiger partial charge in [0.25, 0.3) is 5.91 Å². The zero-order valence-corrected chi connectivity index (χ0v) is 16.3. The molecule has 0 aliphatic carbocycles. The van der Waals surface area contributed by atoms with Crippen LogP contribution in [0, 0.1) is 0 Å². The van der Waals surface area contributed by atoms with Crippen LogP contribution < -0.4 is 4.90 Å². The van der Waals surface area contributed by atoms with Crippen LogP contribution in [0.1, 0.15) is 23.7 Å². The van der Waals surface area contributed by atoms with E-state index in [4.69, 9.17) is 0 Å². The van der Waals surface area contributed by atoms with Gasteiger partial charge in [-0.05, 0) is 39.6 Å². The number of hydrogen-bond donors (Lipinski definition) is 0. The lowest BCUT2D eigenvalue weighted by Gasteiger charge is -2.20. The summed E-state index contributed by atoms with van der Waals surface area (Å²) in [6, 6.07) is 8.08. The van der Waals surface area contributed by atoms with Crippen LogP contribution in [0.5, 0.6) is 0 Å². The first-order valence-electron chi connectivity index (χ1n) is 9.09. The fourth-order valence-electron chi connectivity index (χ4n) is 3.32. The fourth-order valence-corrected chi connectivity index (χ4v) is 3.32. The van der Waals surface area contributed by atoms with E-state index >= 15 is 0 Å². The number of rotatable bonds is 5. The monoisotopic (exact) mass is 356 g/mol. The predicted octanol–water partition coefficient (Wildman–Crippen LogP) is 1.81. The average Bonchev–Trinajstić information content (AvgIpc) is 3.28. The minimum absolute atomic E-state index is 0.0824. The molecular weight excluding hydrogens is 328 g/mol. The number of anilines is 1. The summed E-state index contributed by atoms with van der Waals surface area (Å²) in [6.07, 6.45) is 1.02. The fraction of sp³-hybridized carbons (Fsp3) is 0.526. The highest BCUT2D eigenvalue weighted by Crippen LogP contribution is 2.22. The van der Waals surface area contributed by atoms with Gasteiger partial charge < -0.3 is 14.7 Å². The maximum absolute atomic E-state index is 12.9. The Bertz CT molecular complexity index is 782. The number of aromatic nitrogens is 3. The molecule has 2 heterocycles. The summed E-state index contributed by atoms with van der Waals surface area (Å²) in [6.45, 7) is 4.38. The molecule has 1 aliphatic heterocycles. The van der Waals surface area contributed by atoms with E-state index in [1.807, 2.05) is 59.8 Å². The Morgan fingerprint density at radius 2 is 2.04 bits per heavy atom. The van der Waals surface area contributed by atoms with Gasteiger partial charge in [0.2, 0.25) is 5.95 Å². The Kier molecular flexibility index (Phi) is 5.27. The molecule has 0 N–H and O–H groups in total. The van der Waals surface area contributed by atoms with Crippen molar-refractivity contribution in [1.82, 2.24) is 24.6 Å². The molecule has 1 atom stereocenters. The zero-order chi connectivity index (χ0) is 18.8. The van der Waals surface area contributed by atoms with Gasteiger partial charge in [-0.15, -0.1) is 5.10 Å². The van der Waals surface area contributed by atoms with Crippen LogP contribution in [0.4, 0.5) is 5.95 Å². The lowest BCUT2D eigenvalue weighted by atomic mass is 10.1. The van der Waals surface area contributed by atoms with Crippen LogP contribution in [0.15, 0.2) is 24.3 Å². The number of carbonyl (C=O) groups excluding carboxylic acids is 1. The molecule has 26 heavy (non-hydrogen) atoms. The maximum Gasteiger partial charge on any atom is 0.253 e. The number of benzene rings is 1. The predicted molar refractivity (Wildman–Crippen MR) is 103 cm³/mol. The molecule has 1 fully saturated rings. The molecule has 0 bridgehead atoms. The van der Waals surface area contributed by atoms with E-state index in [1.54, 1.807) is 0 Å². The number of amides is 1. The highest BCUT2D eigenvalue weighted by Gasteiger charge is 2.28. The number of likely N-dealkylation sites (tertiary alicyclic amines) is 1.